The molecule has 0 saturated heterocycles. The number of para-hydroxylation sites is 1. The van der Waals surface area contributed by atoms with Crippen LogP contribution in [-0.2, 0) is 9.59 Å². The minimum absolute atomic E-state index is 0.0750. The van der Waals surface area contributed by atoms with Crippen LogP contribution in [-0.4, -0.2) is 46.6 Å². The van der Waals surface area contributed by atoms with E-state index in [1.165, 1.54) is 6.42 Å². The number of ether oxygens (including phenoxy) is 2. The minimum Gasteiger partial charge on any atom is -0.497 e. The van der Waals surface area contributed by atoms with E-state index in [2.05, 4.69) is 15.6 Å². The summed E-state index contributed by atoms with van der Waals surface area (Å²) in [4.78, 5) is 30.3. The number of amides is 2. The molecule has 0 aliphatic heterocycles. The third-order valence-electron chi connectivity index (χ3n) is 7.65. The molecule has 2 amide bonds. The highest BCUT2D eigenvalue weighted by molar-refractivity contribution is 6.03. The first-order valence-corrected chi connectivity index (χ1v) is 14.3. The van der Waals surface area contributed by atoms with E-state index in [0.717, 1.165) is 31.2 Å². The first-order valence-electron chi connectivity index (χ1n) is 14.3. The molecule has 5 rings (SSSR count). The zero-order chi connectivity index (χ0) is 28.8. The molecule has 0 unspecified atom stereocenters. The average Bonchev–Trinajstić information content (AvgIpc) is 3.44. The molecule has 4 aromatic rings. The Hall–Kier alpha value is -4.40. The number of benzene rings is 3. The van der Waals surface area contributed by atoms with E-state index in [4.69, 9.17) is 9.47 Å². The van der Waals surface area contributed by atoms with Crippen LogP contribution in [0.2, 0.25) is 0 Å². The Morgan fingerprint density at radius 3 is 2.34 bits per heavy atom. The molecule has 1 heterocycles. The number of nitrogens with one attached hydrogen (secondary N) is 1. The van der Waals surface area contributed by atoms with Crippen LogP contribution in [0.25, 0.3) is 11.0 Å². The van der Waals surface area contributed by atoms with Crippen LogP contribution >= 0.6 is 0 Å². The summed E-state index contributed by atoms with van der Waals surface area (Å²) >= 11 is 0. The van der Waals surface area contributed by atoms with E-state index in [0.29, 0.717) is 34.9 Å². The second-order valence-corrected chi connectivity index (χ2v) is 10.4. The highest BCUT2D eigenvalue weighted by Crippen LogP contribution is 2.33. The van der Waals surface area contributed by atoms with Gasteiger partial charge in [0.2, 0.25) is 5.91 Å². The van der Waals surface area contributed by atoms with Crippen LogP contribution in [0.1, 0.15) is 63.6 Å². The van der Waals surface area contributed by atoms with Gasteiger partial charge in [-0.1, -0.05) is 48.7 Å². The van der Waals surface area contributed by atoms with Gasteiger partial charge in [0.15, 0.2) is 0 Å². The zero-order valence-electron chi connectivity index (χ0n) is 23.8. The molecule has 0 radical (unpaired) electrons. The number of rotatable bonds is 10. The summed E-state index contributed by atoms with van der Waals surface area (Å²) in [7, 11) is 1.60. The third kappa shape index (κ3) is 6.19. The summed E-state index contributed by atoms with van der Waals surface area (Å²) in [6, 6.07) is 20.5. The SMILES string of the molecule is CCOc1ccc(N(C(=O)[C@@H](C)n2nnc3ccccc32)[C@@H](C(=O)NC2CCCCC2)c2ccc(OC)cc2)cc1. The van der Waals surface area contributed by atoms with Crippen LogP contribution in [0.4, 0.5) is 5.69 Å². The molecule has 0 bridgehead atoms. The van der Waals surface area contributed by atoms with Crippen molar-refractivity contribution in [3.8, 4) is 11.5 Å². The molecule has 2 atom stereocenters. The number of methoxy groups -OCH3 is 1. The van der Waals surface area contributed by atoms with Crippen molar-refractivity contribution in [3.63, 3.8) is 0 Å². The van der Waals surface area contributed by atoms with Gasteiger partial charge in [-0.3, -0.25) is 14.5 Å². The van der Waals surface area contributed by atoms with Gasteiger partial charge in [-0.05, 0) is 80.8 Å². The topological polar surface area (TPSA) is 98.6 Å². The van der Waals surface area contributed by atoms with Crippen molar-refractivity contribution in [1.29, 1.82) is 0 Å². The van der Waals surface area contributed by atoms with Gasteiger partial charge in [0.1, 0.15) is 29.1 Å². The summed E-state index contributed by atoms with van der Waals surface area (Å²) in [5, 5.41) is 11.8. The van der Waals surface area contributed by atoms with Crippen LogP contribution in [0.5, 0.6) is 11.5 Å². The van der Waals surface area contributed by atoms with Crippen LogP contribution in [0, 0.1) is 0 Å². The Morgan fingerprint density at radius 2 is 1.66 bits per heavy atom. The molecule has 3 aromatic carbocycles. The lowest BCUT2D eigenvalue weighted by molar-refractivity contribution is -0.128. The van der Waals surface area contributed by atoms with Crippen molar-refractivity contribution in [1.82, 2.24) is 20.3 Å². The van der Waals surface area contributed by atoms with E-state index in [-0.39, 0.29) is 17.9 Å². The number of hydrogen-bond acceptors (Lipinski definition) is 6. The summed E-state index contributed by atoms with van der Waals surface area (Å²) in [5.41, 5.74) is 2.69. The van der Waals surface area contributed by atoms with Crippen molar-refractivity contribution in [2.75, 3.05) is 18.6 Å². The van der Waals surface area contributed by atoms with E-state index < -0.39 is 12.1 Å². The molecule has 1 aliphatic carbocycles. The van der Waals surface area contributed by atoms with Gasteiger partial charge in [0.25, 0.3) is 5.91 Å². The molecule has 1 saturated carbocycles. The Balaban J connectivity index is 1.59. The summed E-state index contributed by atoms with van der Waals surface area (Å²) in [6.45, 7) is 4.23. The first-order chi connectivity index (χ1) is 20.0. The minimum atomic E-state index is -0.925. The number of carbonyl (C=O) groups excluding carboxylic acids is 2. The number of hydrogen-bond donors (Lipinski definition) is 1. The van der Waals surface area contributed by atoms with Crippen molar-refractivity contribution < 1.29 is 19.1 Å². The van der Waals surface area contributed by atoms with Crippen molar-refractivity contribution >= 4 is 28.5 Å². The fraction of sp³-hybridized carbons (Fsp3) is 0.375. The second-order valence-electron chi connectivity index (χ2n) is 10.4. The van der Waals surface area contributed by atoms with Gasteiger partial charge in [-0.15, -0.1) is 5.10 Å². The third-order valence-corrected chi connectivity index (χ3v) is 7.65. The van der Waals surface area contributed by atoms with E-state index in [9.17, 15) is 9.59 Å². The fourth-order valence-corrected chi connectivity index (χ4v) is 5.48. The average molecular weight is 556 g/mol. The second kappa shape index (κ2) is 12.8. The largest absolute Gasteiger partial charge is 0.497 e. The number of anilines is 1. The normalized spacial score (nSPS) is 15.2. The standard InChI is InChI=1S/C32H37N5O4/c1-4-41-27-20-16-25(17-21-27)36(32(39)22(2)37-29-13-9-8-12-28(29)34-35-37)30(23-14-18-26(40-3)19-15-23)31(38)33-24-10-6-5-7-11-24/h8-9,12-22,24,30H,4-7,10-11H2,1-3H3,(H,33,38)/t22-,30-/m1/s1. The molecule has 1 N–H and O–H groups in total. The lowest BCUT2D eigenvalue weighted by Gasteiger charge is -2.35. The Labute approximate surface area is 240 Å². The lowest BCUT2D eigenvalue weighted by Crippen LogP contribution is -2.48. The van der Waals surface area contributed by atoms with Crippen molar-refractivity contribution in [2.45, 2.75) is 64.1 Å². The number of aromatic nitrogens is 3. The highest BCUT2D eigenvalue weighted by Gasteiger charge is 2.37. The van der Waals surface area contributed by atoms with Crippen molar-refractivity contribution in [3.05, 3.63) is 78.4 Å². The molecule has 1 fully saturated rings. The van der Waals surface area contributed by atoms with E-state index in [1.54, 1.807) is 23.6 Å². The number of nitrogens with zero attached hydrogens (tertiary/aromatic N) is 4. The summed E-state index contributed by atoms with van der Waals surface area (Å²) in [5.74, 6) is 0.845. The summed E-state index contributed by atoms with van der Waals surface area (Å²) < 4.78 is 12.6. The van der Waals surface area contributed by atoms with Crippen molar-refractivity contribution in [2.24, 2.45) is 0 Å². The van der Waals surface area contributed by atoms with Gasteiger partial charge in [0.05, 0.1) is 19.2 Å². The highest BCUT2D eigenvalue weighted by atomic mass is 16.5. The molecular formula is C32H37N5O4. The van der Waals surface area contributed by atoms with Crippen LogP contribution in [0.3, 0.4) is 0 Å². The van der Waals surface area contributed by atoms with Crippen LogP contribution in [0.15, 0.2) is 72.8 Å². The van der Waals surface area contributed by atoms with Gasteiger partial charge in [0, 0.05) is 11.7 Å². The maximum Gasteiger partial charge on any atom is 0.252 e. The molecular weight excluding hydrogens is 518 g/mol. The molecule has 0 spiro atoms. The number of carbonyl (C=O) groups is 2. The predicted molar refractivity (Wildman–Crippen MR) is 158 cm³/mol. The van der Waals surface area contributed by atoms with E-state index in [1.807, 2.05) is 79.7 Å². The van der Waals surface area contributed by atoms with Gasteiger partial charge in [-0.25, -0.2) is 4.68 Å². The first kappa shape index (κ1) is 28.1. The molecule has 1 aromatic heterocycles. The predicted octanol–water partition coefficient (Wildman–Crippen LogP) is 5.62. The molecule has 214 valence electrons. The summed E-state index contributed by atoms with van der Waals surface area (Å²) in [6.07, 6.45) is 5.19. The number of fused-ring (bicyclic) bond motifs is 1. The zero-order valence-corrected chi connectivity index (χ0v) is 23.8. The molecule has 9 heteroatoms. The van der Waals surface area contributed by atoms with Crippen LogP contribution < -0.4 is 19.7 Å². The van der Waals surface area contributed by atoms with Gasteiger partial charge < -0.3 is 14.8 Å². The lowest BCUT2D eigenvalue weighted by atomic mass is 9.94. The molecule has 41 heavy (non-hydrogen) atoms. The van der Waals surface area contributed by atoms with Gasteiger partial charge in [-0.2, -0.15) is 0 Å². The maximum atomic E-state index is 14.5. The van der Waals surface area contributed by atoms with Gasteiger partial charge >= 0.3 is 0 Å². The Bertz CT molecular complexity index is 1460. The Kier molecular flexibility index (Phi) is 8.82. The maximum absolute atomic E-state index is 14.5. The smallest absolute Gasteiger partial charge is 0.252 e. The monoisotopic (exact) mass is 555 g/mol. The molecule has 9 nitrogen and oxygen atoms in total. The quantitative estimate of drug-likeness (QED) is 0.273. The fourth-order valence-electron chi connectivity index (χ4n) is 5.48. The van der Waals surface area contributed by atoms with E-state index >= 15 is 0 Å². The Morgan fingerprint density at radius 1 is 0.976 bits per heavy atom. The molecule has 1 aliphatic rings.